The van der Waals surface area contributed by atoms with E-state index in [2.05, 4.69) is 20.5 Å². The van der Waals surface area contributed by atoms with E-state index in [4.69, 9.17) is 4.74 Å². The standard InChI is InChI=1S/C18H18N4O3S2/c1-3-25-14(24)9-19-13(23)10-26-18-16-17(27-11(2)20-16)15(21-22-18)12-7-5-4-6-8-12/h4-8H,3,9-10H2,1-2H3,(H,19,23). The number of amides is 1. The van der Waals surface area contributed by atoms with Crippen molar-refractivity contribution in [3.05, 3.63) is 35.3 Å². The van der Waals surface area contributed by atoms with Crippen molar-refractivity contribution in [2.24, 2.45) is 0 Å². The summed E-state index contributed by atoms with van der Waals surface area (Å²) in [6.45, 7) is 3.79. The summed E-state index contributed by atoms with van der Waals surface area (Å²) >= 11 is 2.80. The van der Waals surface area contributed by atoms with E-state index >= 15 is 0 Å². The molecule has 0 fully saturated rings. The predicted octanol–water partition coefficient (Wildman–Crippen LogP) is 2.83. The number of aromatic nitrogens is 3. The molecule has 140 valence electrons. The number of hydrogen-bond acceptors (Lipinski definition) is 8. The van der Waals surface area contributed by atoms with Crippen molar-refractivity contribution in [3.8, 4) is 11.3 Å². The molecule has 3 aromatic rings. The van der Waals surface area contributed by atoms with Crippen molar-refractivity contribution in [2.45, 2.75) is 18.9 Å². The number of thiazole rings is 1. The quantitative estimate of drug-likeness (QED) is 0.480. The molecule has 0 atom stereocenters. The molecule has 0 saturated heterocycles. The van der Waals surface area contributed by atoms with Crippen LogP contribution in [0, 0.1) is 6.92 Å². The molecule has 2 heterocycles. The van der Waals surface area contributed by atoms with E-state index in [9.17, 15) is 9.59 Å². The van der Waals surface area contributed by atoms with Gasteiger partial charge >= 0.3 is 5.97 Å². The number of carbonyl (C=O) groups is 2. The highest BCUT2D eigenvalue weighted by molar-refractivity contribution is 8.00. The third-order valence-electron chi connectivity index (χ3n) is 3.51. The van der Waals surface area contributed by atoms with Gasteiger partial charge < -0.3 is 10.1 Å². The molecule has 1 N–H and O–H groups in total. The minimum Gasteiger partial charge on any atom is -0.465 e. The van der Waals surface area contributed by atoms with Crippen LogP contribution in [0.5, 0.6) is 0 Å². The first-order chi connectivity index (χ1) is 13.1. The number of aryl methyl sites for hydroxylation is 1. The van der Waals surface area contributed by atoms with E-state index in [1.165, 1.54) is 11.8 Å². The van der Waals surface area contributed by atoms with Gasteiger partial charge in [-0.05, 0) is 13.8 Å². The number of thioether (sulfide) groups is 1. The van der Waals surface area contributed by atoms with E-state index in [1.807, 2.05) is 37.3 Å². The molecule has 0 aliphatic heterocycles. The van der Waals surface area contributed by atoms with E-state index in [-0.39, 0.29) is 24.8 Å². The molecule has 0 aliphatic carbocycles. The molecule has 3 rings (SSSR count). The number of carbonyl (C=O) groups excluding carboxylic acids is 2. The molecule has 0 spiro atoms. The lowest BCUT2D eigenvalue weighted by Gasteiger charge is -2.06. The number of hydrogen-bond donors (Lipinski definition) is 1. The fourth-order valence-electron chi connectivity index (χ4n) is 2.37. The lowest BCUT2D eigenvalue weighted by Crippen LogP contribution is -2.31. The van der Waals surface area contributed by atoms with Gasteiger partial charge in [0.1, 0.15) is 22.8 Å². The van der Waals surface area contributed by atoms with Gasteiger partial charge in [0.05, 0.1) is 22.1 Å². The van der Waals surface area contributed by atoms with Gasteiger partial charge in [0.2, 0.25) is 5.91 Å². The molecule has 0 bridgehead atoms. The van der Waals surface area contributed by atoms with Crippen LogP contribution < -0.4 is 5.32 Å². The first kappa shape index (κ1) is 19.2. The van der Waals surface area contributed by atoms with E-state index in [0.29, 0.717) is 5.03 Å². The number of fused-ring (bicyclic) bond motifs is 1. The van der Waals surface area contributed by atoms with Crippen LogP contribution in [0.2, 0.25) is 0 Å². The van der Waals surface area contributed by atoms with Crippen molar-refractivity contribution in [2.75, 3.05) is 18.9 Å². The third kappa shape index (κ3) is 4.81. The van der Waals surface area contributed by atoms with Crippen LogP contribution in [0.4, 0.5) is 0 Å². The highest BCUT2D eigenvalue weighted by Gasteiger charge is 2.17. The van der Waals surface area contributed by atoms with E-state index < -0.39 is 5.97 Å². The van der Waals surface area contributed by atoms with Crippen LogP contribution in [0.15, 0.2) is 35.4 Å². The lowest BCUT2D eigenvalue weighted by atomic mass is 10.1. The fraction of sp³-hybridized carbons (Fsp3) is 0.278. The summed E-state index contributed by atoms with van der Waals surface area (Å²) in [6.07, 6.45) is 0. The number of benzene rings is 1. The molecule has 27 heavy (non-hydrogen) atoms. The monoisotopic (exact) mass is 402 g/mol. The zero-order valence-corrected chi connectivity index (χ0v) is 16.5. The second-order valence-corrected chi connectivity index (χ2v) is 7.67. The molecule has 0 radical (unpaired) electrons. The Morgan fingerprint density at radius 1 is 1.22 bits per heavy atom. The van der Waals surface area contributed by atoms with Crippen molar-refractivity contribution < 1.29 is 14.3 Å². The molecule has 2 aromatic heterocycles. The highest BCUT2D eigenvalue weighted by Crippen LogP contribution is 2.35. The van der Waals surface area contributed by atoms with E-state index in [1.54, 1.807) is 18.3 Å². The Kier molecular flexibility index (Phi) is 6.36. The zero-order valence-electron chi connectivity index (χ0n) is 14.9. The maximum atomic E-state index is 11.9. The smallest absolute Gasteiger partial charge is 0.325 e. The second-order valence-electron chi connectivity index (χ2n) is 5.50. The van der Waals surface area contributed by atoms with Crippen LogP contribution in [0.3, 0.4) is 0 Å². The molecule has 1 aromatic carbocycles. The molecule has 7 nitrogen and oxygen atoms in total. The van der Waals surface area contributed by atoms with Gasteiger partial charge in [-0.25, -0.2) is 4.98 Å². The molecule has 9 heteroatoms. The molecule has 1 amide bonds. The average molecular weight is 403 g/mol. The molecular formula is C18H18N4O3S2. The molecular weight excluding hydrogens is 384 g/mol. The van der Waals surface area contributed by atoms with Crippen LogP contribution in [-0.4, -0.2) is 46.0 Å². The molecule has 0 aliphatic rings. The third-order valence-corrected chi connectivity index (χ3v) is 5.45. The van der Waals surface area contributed by atoms with Crippen LogP contribution >= 0.6 is 23.1 Å². The van der Waals surface area contributed by atoms with Gasteiger partial charge in [0.25, 0.3) is 0 Å². The largest absolute Gasteiger partial charge is 0.465 e. The summed E-state index contributed by atoms with van der Waals surface area (Å²) in [4.78, 5) is 27.8. The maximum absolute atomic E-state index is 11.9. The molecule has 0 saturated carbocycles. The number of esters is 1. The van der Waals surface area contributed by atoms with Gasteiger partial charge in [0.15, 0.2) is 0 Å². The summed E-state index contributed by atoms with van der Waals surface area (Å²) in [5, 5.41) is 12.7. The number of nitrogens with one attached hydrogen (secondary N) is 1. The van der Waals surface area contributed by atoms with Crippen molar-refractivity contribution in [1.29, 1.82) is 0 Å². The molecule has 0 unspecified atom stereocenters. The van der Waals surface area contributed by atoms with Gasteiger partial charge in [-0.15, -0.1) is 21.5 Å². The Morgan fingerprint density at radius 3 is 2.74 bits per heavy atom. The maximum Gasteiger partial charge on any atom is 0.325 e. The summed E-state index contributed by atoms with van der Waals surface area (Å²) in [5.74, 6) is -0.618. The Balaban J connectivity index is 1.74. The van der Waals surface area contributed by atoms with Gasteiger partial charge in [-0.3, -0.25) is 9.59 Å². The summed E-state index contributed by atoms with van der Waals surface area (Å²) in [5.41, 5.74) is 2.50. The summed E-state index contributed by atoms with van der Waals surface area (Å²) in [6, 6.07) is 9.81. The van der Waals surface area contributed by atoms with Gasteiger partial charge in [0, 0.05) is 5.56 Å². The van der Waals surface area contributed by atoms with E-state index in [0.717, 1.165) is 26.5 Å². The summed E-state index contributed by atoms with van der Waals surface area (Å²) < 4.78 is 5.73. The average Bonchev–Trinajstić information content (AvgIpc) is 3.07. The highest BCUT2D eigenvalue weighted by atomic mass is 32.2. The first-order valence-corrected chi connectivity index (χ1v) is 10.1. The number of rotatable bonds is 7. The minimum atomic E-state index is -0.458. The van der Waals surface area contributed by atoms with Gasteiger partial charge in [-0.2, -0.15) is 0 Å². The van der Waals surface area contributed by atoms with Gasteiger partial charge in [-0.1, -0.05) is 42.1 Å². The summed E-state index contributed by atoms with van der Waals surface area (Å²) in [7, 11) is 0. The Bertz CT molecular complexity index is 960. The Labute approximate surface area is 164 Å². The minimum absolute atomic E-state index is 0.116. The second kappa shape index (κ2) is 8.92. The Morgan fingerprint density at radius 2 is 2.00 bits per heavy atom. The topological polar surface area (TPSA) is 94.1 Å². The predicted molar refractivity (Wildman–Crippen MR) is 106 cm³/mol. The van der Waals surface area contributed by atoms with Crippen LogP contribution in [-0.2, 0) is 14.3 Å². The zero-order chi connectivity index (χ0) is 19.2. The number of ether oxygens (including phenoxy) is 1. The lowest BCUT2D eigenvalue weighted by molar-refractivity contribution is -0.143. The van der Waals surface area contributed by atoms with Crippen LogP contribution in [0.25, 0.3) is 21.5 Å². The van der Waals surface area contributed by atoms with Crippen LogP contribution in [0.1, 0.15) is 11.9 Å². The number of nitrogens with zero attached hydrogens (tertiary/aromatic N) is 3. The fourth-order valence-corrected chi connectivity index (χ4v) is 4.11. The first-order valence-electron chi connectivity index (χ1n) is 8.32. The Hall–Kier alpha value is -2.52. The normalized spacial score (nSPS) is 10.7. The van der Waals surface area contributed by atoms with Crippen molar-refractivity contribution >= 4 is 45.2 Å². The van der Waals surface area contributed by atoms with Crippen molar-refractivity contribution in [1.82, 2.24) is 20.5 Å². The SMILES string of the molecule is CCOC(=O)CNC(=O)CSc1nnc(-c2ccccc2)c2sc(C)nc12. The van der Waals surface area contributed by atoms with Crippen molar-refractivity contribution in [3.63, 3.8) is 0 Å².